The highest BCUT2D eigenvalue weighted by Gasteiger charge is 2.23. The molecule has 0 aliphatic heterocycles. The lowest BCUT2D eigenvalue weighted by molar-refractivity contribution is 0.136. The molecule has 0 amide bonds. The van der Waals surface area contributed by atoms with Crippen LogP contribution in [0.5, 0.6) is 0 Å². The van der Waals surface area contributed by atoms with E-state index in [1.54, 1.807) is 6.92 Å². The molecule has 0 rings (SSSR count). The minimum Gasteiger partial charge on any atom is -0.394 e. The molecule has 0 bridgehead atoms. The maximum absolute atomic E-state index is 9.22. The Morgan fingerprint density at radius 1 is 1.31 bits per heavy atom. The predicted molar refractivity (Wildman–Crippen MR) is 54.7 cm³/mol. The molecule has 80 valence electrons. The molecule has 0 aliphatic carbocycles. The van der Waals surface area contributed by atoms with Gasteiger partial charge in [0.05, 0.1) is 12.7 Å². The molecule has 0 fully saturated rings. The maximum atomic E-state index is 9.22. The summed E-state index contributed by atoms with van der Waals surface area (Å²) in [5.41, 5.74) is -0.144. The fraction of sp³-hybridized carbons (Fsp3) is 1.00. The first-order chi connectivity index (χ1) is 6.10. The Morgan fingerprint density at radius 3 is 2.15 bits per heavy atom. The molecule has 1 atom stereocenters. The van der Waals surface area contributed by atoms with Crippen molar-refractivity contribution in [2.45, 2.75) is 51.7 Å². The van der Waals surface area contributed by atoms with Crippen molar-refractivity contribution in [2.75, 3.05) is 13.2 Å². The minimum atomic E-state index is -0.266. The van der Waals surface area contributed by atoms with Crippen molar-refractivity contribution < 1.29 is 10.2 Å². The van der Waals surface area contributed by atoms with Gasteiger partial charge in [0.1, 0.15) is 0 Å². The first-order valence-electron chi connectivity index (χ1n) is 5.14. The fourth-order valence-electron chi connectivity index (χ4n) is 1.33. The smallest absolute Gasteiger partial charge is 0.0613 e. The van der Waals surface area contributed by atoms with Crippen molar-refractivity contribution in [3.8, 4) is 0 Å². The van der Waals surface area contributed by atoms with Crippen molar-refractivity contribution in [3.05, 3.63) is 0 Å². The zero-order chi connectivity index (χ0) is 10.3. The molecule has 3 heteroatoms. The maximum Gasteiger partial charge on any atom is 0.0613 e. The molecule has 3 N–H and O–H groups in total. The van der Waals surface area contributed by atoms with Crippen molar-refractivity contribution in [1.82, 2.24) is 5.32 Å². The third-order valence-corrected chi connectivity index (χ3v) is 2.72. The Labute approximate surface area is 81.2 Å². The van der Waals surface area contributed by atoms with Gasteiger partial charge in [0, 0.05) is 5.54 Å². The minimum absolute atomic E-state index is 0.144. The highest BCUT2D eigenvalue weighted by atomic mass is 16.3. The van der Waals surface area contributed by atoms with E-state index < -0.39 is 0 Å². The highest BCUT2D eigenvalue weighted by Crippen LogP contribution is 2.13. The lowest BCUT2D eigenvalue weighted by Gasteiger charge is -2.31. The van der Waals surface area contributed by atoms with Crippen LogP contribution in [0.25, 0.3) is 0 Å². The predicted octanol–water partition coefficient (Wildman–Crippen LogP) is 0.898. The highest BCUT2D eigenvalue weighted by molar-refractivity contribution is 4.84. The standard InChI is InChI=1S/C10H23NO2/c1-4-10(5-2,8-12)11-7-6-9(3)13/h9,11-13H,4-8H2,1-3H3. The van der Waals surface area contributed by atoms with Gasteiger partial charge in [-0.3, -0.25) is 0 Å². The number of hydrogen-bond donors (Lipinski definition) is 3. The molecule has 0 aromatic rings. The third-order valence-electron chi connectivity index (χ3n) is 2.72. The van der Waals surface area contributed by atoms with E-state index in [-0.39, 0.29) is 18.2 Å². The van der Waals surface area contributed by atoms with Crippen LogP contribution in [-0.2, 0) is 0 Å². The van der Waals surface area contributed by atoms with Gasteiger partial charge in [-0.1, -0.05) is 13.8 Å². The summed E-state index contributed by atoms with van der Waals surface area (Å²) in [6.45, 7) is 6.84. The first kappa shape index (κ1) is 12.9. The van der Waals surface area contributed by atoms with Crippen LogP contribution < -0.4 is 5.32 Å². The van der Waals surface area contributed by atoms with E-state index in [4.69, 9.17) is 5.11 Å². The number of aliphatic hydroxyl groups excluding tert-OH is 2. The van der Waals surface area contributed by atoms with Gasteiger partial charge in [-0.15, -0.1) is 0 Å². The second-order valence-corrected chi connectivity index (χ2v) is 3.71. The van der Waals surface area contributed by atoms with Gasteiger partial charge < -0.3 is 15.5 Å². The summed E-state index contributed by atoms with van der Waals surface area (Å²) < 4.78 is 0. The van der Waals surface area contributed by atoms with E-state index in [9.17, 15) is 5.11 Å². The van der Waals surface area contributed by atoms with Crippen LogP contribution in [0, 0.1) is 0 Å². The van der Waals surface area contributed by atoms with Gasteiger partial charge in [0.25, 0.3) is 0 Å². The molecule has 0 radical (unpaired) electrons. The van der Waals surface area contributed by atoms with Gasteiger partial charge in [-0.05, 0) is 32.7 Å². The van der Waals surface area contributed by atoms with Crippen LogP contribution >= 0.6 is 0 Å². The molecule has 0 heterocycles. The summed E-state index contributed by atoms with van der Waals surface area (Å²) >= 11 is 0. The van der Waals surface area contributed by atoms with Gasteiger partial charge >= 0.3 is 0 Å². The van der Waals surface area contributed by atoms with E-state index in [2.05, 4.69) is 19.2 Å². The molecule has 13 heavy (non-hydrogen) atoms. The van der Waals surface area contributed by atoms with E-state index in [1.165, 1.54) is 0 Å². The second kappa shape index (κ2) is 6.35. The summed E-state index contributed by atoms with van der Waals surface area (Å²) in [6, 6.07) is 0. The molecule has 0 saturated heterocycles. The first-order valence-corrected chi connectivity index (χ1v) is 5.14. The number of aliphatic hydroxyl groups is 2. The molecule has 0 aromatic heterocycles. The van der Waals surface area contributed by atoms with Gasteiger partial charge in [-0.2, -0.15) is 0 Å². The Hall–Kier alpha value is -0.120. The molecular weight excluding hydrogens is 166 g/mol. The Kier molecular flexibility index (Phi) is 6.29. The topological polar surface area (TPSA) is 52.5 Å². The van der Waals surface area contributed by atoms with E-state index in [0.29, 0.717) is 0 Å². The number of hydrogen-bond acceptors (Lipinski definition) is 3. The van der Waals surface area contributed by atoms with Crippen LogP contribution in [0.15, 0.2) is 0 Å². The van der Waals surface area contributed by atoms with Crippen molar-refractivity contribution in [2.24, 2.45) is 0 Å². The molecular formula is C10H23NO2. The van der Waals surface area contributed by atoms with Gasteiger partial charge in [-0.25, -0.2) is 0 Å². The van der Waals surface area contributed by atoms with E-state index in [0.717, 1.165) is 25.8 Å². The monoisotopic (exact) mass is 189 g/mol. The van der Waals surface area contributed by atoms with Crippen molar-refractivity contribution in [3.63, 3.8) is 0 Å². The zero-order valence-electron chi connectivity index (χ0n) is 9.01. The summed E-state index contributed by atoms with van der Waals surface area (Å²) in [4.78, 5) is 0. The molecule has 0 aromatic carbocycles. The lowest BCUT2D eigenvalue weighted by atomic mass is 9.94. The zero-order valence-corrected chi connectivity index (χ0v) is 9.01. The SMILES string of the molecule is CCC(CC)(CO)NCCC(C)O. The van der Waals surface area contributed by atoms with Crippen LogP contribution in [0.1, 0.15) is 40.0 Å². The molecule has 0 spiro atoms. The molecule has 3 nitrogen and oxygen atoms in total. The third kappa shape index (κ3) is 4.60. The van der Waals surface area contributed by atoms with Crippen molar-refractivity contribution in [1.29, 1.82) is 0 Å². The summed E-state index contributed by atoms with van der Waals surface area (Å²) in [6.07, 6.45) is 2.30. The lowest BCUT2D eigenvalue weighted by Crippen LogP contribution is -2.48. The summed E-state index contributed by atoms with van der Waals surface area (Å²) in [5.74, 6) is 0. The molecule has 0 aliphatic rings. The van der Waals surface area contributed by atoms with Crippen LogP contribution in [0.2, 0.25) is 0 Å². The fourth-order valence-corrected chi connectivity index (χ4v) is 1.33. The van der Waals surface area contributed by atoms with Gasteiger partial charge in [0.2, 0.25) is 0 Å². The Morgan fingerprint density at radius 2 is 1.85 bits per heavy atom. The summed E-state index contributed by atoms with van der Waals surface area (Å²) in [5, 5.41) is 21.6. The quantitative estimate of drug-likeness (QED) is 0.557. The Bertz CT molecular complexity index is 114. The van der Waals surface area contributed by atoms with Crippen LogP contribution in [0.3, 0.4) is 0 Å². The van der Waals surface area contributed by atoms with Crippen molar-refractivity contribution >= 4 is 0 Å². The van der Waals surface area contributed by atoms with E-state index >= 15 is 0 Å². The average molecular weight is 189 g/mol. The number of rotatable bonds is 7. The Balaban J connectivity index is 3.81. The average Bonchev–Trinajstić information content (AvgIpc) is 2.13. The number of nitrogens with one attached hydrogen (secondary N) is 1. The second-order valence-electron chi connectivity index (χ2n) is 3.71. The largest absolute Gasteiger partial charge is 0.394 e. The van der Waals surface area contributed by atoms with E-state index in [1.807, 2.05) is 0 Å². The summed E-state index contributed by atoms with van der Waals surface area (Å²) in [7, 11) is 0. The van der Waals surface area contributed by atoms with Gasteiger partial charge in [0.15, 0.2) is 0 Å². The van der Waals surface area contributed by atoms with Crippen LogP contribution in [0.4, 0.5) is 0 Å². The molecule has 1 unspecified atom stereocenters. The van der Waals surface area contributed by atoms with Crippen LogP contribution in [-0.4, -0.2) is 35.0 Å². The molecule has 0 saturated carbocycles. The normalized spacial score (nSPS) is 14.5.